The van der Waals surface area contributed by atoms with Gasteiger partial charge in [0.15, 0.2) is 0 Å². The van der Waals surface area contributed by atoms with Crippen molar-refractivity contribution in [1.82, 2.24) is 19.8 Å². The van der Waals surface area contributed by atoms with E-state index in [0.29, 0.717) is 29.8 Å². The third-order valence-electron chi connectivity index (χ3n) is 5.67. The predicted molar refractivity (Wildman–Crippen MR) is 118 cm³/mol. The van der Waals surface area contributed by atoms with Gasteiger partial charge in [0, 0.05) is 25.6 Å². The summed E-state index contributed by atoms with van der Waals surface area (Å²) in [6, 6.07) is 16.8. The average Bonchev–Trinajstić information content (AvgIpc) is 3.12. The lowest BCUT2D eigenvalue weighted by molar-refractivity contribution is -0.138. The maximum atomic E-state index is 13.3. The van der Waals surface area contributed by atoms with Crippen molar-refractivity contribution in [1.29, 1.82) is 0 Å². The first-order valence-electron chi connectivity index (χ1n) is 10.5. The van der Waals surface area contributed by atoms with Gasteiger partial charge in [0.1, 0.15) is 5.82 Å². The van der Waals surface area contributed by atoms with Crippen molar-refractivity contribution in [2.75, 3.05) is 6.54 Å². The molecule has 4 rings (SSSR count). The SMILES string of the molecule is CC(C)N(Cc1nc2ccccc2c(=O)[nH]1)C(=O)C1CC(=O)N(Cc2ccccc2)C1. The molecule has 7 nitrogen and oxygen atoms in total. The first-order chi connectivity index (χ1) is 14.9. The van der Waals surface area contributed by atoms with E-state index in [-0.39, 0.29) is 36.4 Å². The average molecular weight is 418 g/mol. The second kappa shape index (κ2) is 8.71. The van der Waals surface area contributed by atoms with Gasteiger partial charge in [-0.1, -0.05) is 42.5 Å². The molecule has 1 N–H and O–H groups in total. The second-order valence-corrected chi connectivity index (χ2v) is 8.25. The Bertz CT molecular complexity index is 1160. The van der Waals surface area contributed by atoms with E-state index in [9.17, 15) is 14.4 Å². The lowest BCUT2D eigenvalue weighted by Gasteiger charge is -2.29. The van der Waals surface area contributed by atoms with Gasteiger partial charge >= 0.3 is 0 Å². The molecule has 2 heterocycles. The van der Waals surface area contributed by atoms with Gasteiger partial charge < -0.3 is 14.8 Å². The number of carbonyl (C=O) groups excluding carboxylic acids is 2. The summed E-state index contributed by atoms with van der Waals surface area (Å²) in [7, 11) is 0. The molecule has 0 saturated carbocycles. The number of H-pyrrole nitrogens is 1. The first-order valence-corrected chi connectivity index (χ1v) is 10.5. The quantitative estimate of drug-likeness (QED) is 0.667. The zero-order chi connectivity index (χ0) is 22.0. The molecular weight excluding hydrogens is 392 g/mol. The van der Waals surface area contributed by atoms with Crippen LogP contribution in [0, 0.1) is 5.92 Å². The van der Waals surface area contributed by atoms with Crippen LogP contribution < -0.4 is 5.56 Å². The summed E-state index contributed by atoms with van der Waals surface area (Å²) in [6.07, 6.45) is 0.205. The fraction of sp³-hybridized carbons (Fsp3) is 0.333. The molecular formula is C24H26N4O3. The molecule has 160 valence electrons. The van der Waals surface area contributed by atoms with Crippen LogP contribution in [0.15, 0.2) is 59.4 Å². The highest BCUT2D eigenvalue weighted by molar-refractivity contribution is 5.89. The second-order valence-electron chi connectivity index (χ2n) is 8.25. The number of fused-ring (bicyclic) bond motifs is 1. The van der Waals surface area contributed by atoms with Gasteiger partial charge in [0.05, 0.1) is 23.4 Å². The fourth-order valence-electron chi connectivity index (χ4n) is 4.01. The Morgan fingerprint density at radius 2 is 1.84 bits per heavy atom. The Labute approximate surface area is 180 Å². The number of aromatic amines is 1. The zero-order valence-electron chi connectivity index (χ0n) is 17.7. The van der Waals surface area contributed by atoms with Gasteiger partial charge in [-0.2, -0.15) is 0 Å². The third kappa shape index (κ3) is 4.50. The minimum atomic E-state index is -0.397. The molecule has 2 amide bonds. The number of para-hydroxylation sites is 1. The molecule has 0 spiro atoms. The lowest BCUT2D eigenvalue weighted by atomic mass is 10.1. The summed E-state index contributed by atoms with van der Waals surface area (Å²) in [5.74, 6) is -0.0557. The number of aromatic nitrogens is 2. The molecule has 1 atom stereocenters. The molecule has 1 saturated heterocycles. The van der Waals surface area contributed by atoms with Crippen molar-refractivity contribution >= 4 is 22.7 Å². The van der Waals surface area contributed by atoms with Crippen molar-refractivity contribution in [2.45, 2.75) is 39.4 Å². The summed E-state index contributed by atoms with van der Waals surface area (Å²) in [5, 5.41) is 0.520. The smallest absolute Gasteiger partial charge is 0.258 e. The standard InChI is InChI=1S/C24H26N4O3/c1-16(2)28(15-21-25-20-11-7-6-10-19(20)23(30)26-21)24(31)18-12-22(29)27(14-18)13-17-8-4-3-5-9-17/h3-11,16,18H,12-15H2,1-2H3,(H,25,26,30). The fourth-order valence-corrected chi connectivity index (χ4v) is 4.01. The van der Waals surface area contributed by atoms with Crippen LogP contribution in [0.5, 0.6) is 0 Å². The summed E-state index contributed by atoms with van der Waals surface area (Å²) in [5.41, 5.74) is 1.42. The van der Waals surface area contributed by atoms with Crippen molar-refractivity contribution < 1.29 is 9.59 Å². The van der Waals surface area contributed by atoms with E-state index in [1.54, 1.807) is 28.0 Å². The molecule has 7 heteroatoms. The topological polar surface area (TPSA) is 86.4 Å². The summed E-state index contributed by atoms with van der Waals surface area (Å²) >= 11 is 0. The number of rotatable bonds is 6. The maximum absolute atomic E-state index is 13.3. The number of amides is 2. The van der Waals surface area contributed by atoms with Gasteiger partial charge in [-0.25, -0.2) is 4.98 Å². The lowest BCUT2D eigenvalue weighted by Crippen LogP contribution is -2.42. The van der Waals surface area contributed by atoms with Crippen LogP contribution in [0.2, 0.25) is 0 Å². The molecule has 1 fully saturated rings. The minimum Gasteiger partial charge on any atom is -0.338 e. The summed E-state index contributed by atoms with van der Waals surface area (Å²) < 4.78 is 0. The van der Waals surface area contributed by atoms with E-state index in [0.717, 1.165) is 5.56 Å². The molecule has 3 aromatic rings. The number of hydrogen-bond acceptors (Lipinski definition) is 4. The molecule has 1 aromatic heterocycles. The highest BCUT2D eigenvalue weighted by atomic mass is 16.2. The first kappa shape index (κ1) is 20.8. The Morgan fingerprint density at radius 1 is 1.13 bits per heavy atom. The number of nitrogens with zero attached hydrogens (tertiary/aromatic N) is 3. The molecule has 31 heavy (non-hydrogen) atoms. The van der Waals surface area contributed by atoms with E-state index in [1.807, 2.05) is 50.2 Å². The molecule has 2 aromatic carbocycles. The normalized spacial score (nSPS) is 16.3. The van der Waals surface area contributed by atoms with Crippen LogP contribution in [-0.2, 0) is 22.7 Å². The molecule has 0 aliphatic carbocycles. The van der Waals surface area contributed by atoms with Crippen molar-refractivity contribution in [3.8, 4) is 0 Å². The minimum absolute atomic E-state index is 0.0110. The maximum Gasteiger partial charge on any atom is 0.258 e. The number of nitrogens with one attached hydrogen (secondary N) is 1. The van der Waals surface area contributed by atoms with E-state index < -0.39 is 5.92 Å². The Kier molecular flexibility index (Phi) is 5.84. The molecule has 0 radical (unpaired) electrons. The number of hydrogen-bond donors (Lipinski definition) is 1. The van der Waals surface area contributed by atoms with Gasteiger partial charge in [0.2, 0.25) is 11.8 Å². The van der Waals surface area contributed by atoms with Gasteiger partial charge in [-0.05, 0) is 31.5 Å². The largest absolute Gasteiger partial charge is 0.338 e. The highest BCUT2D eigenvalue weighted by Gasteiger charge is 2.37. The Hall–Kier alpha value is -3.48. The van der Waals surface area contributed by atoms with E-state index in [2.05, 4.69) is 9.97 Å². The van der Waals surface area contributed by atoms with Crippen LogP contribution >= 0.6 is 0 Å². The monoisotopic (exact) mass is 418 g/mol. The molecule has 0 bridgehead atoms. The van der Waals surface area contributed by atoms with Crippen LogP contribution in [0.4, 0.5) is 0 Å². The number of likely N-dealkylation sites (tertiary alicyclic amines) is 1. The van der Waals surface area contributed by atoms with E-state index in [4.69, 9.17) is 0 Å². The predicted octanol–water partition coefficient (Wildman–Crippen LogP) is 2.71. The Balaban J connectivity index is 1.50. The molecule has 1 aliphatic heterocycles. The van der Waals surface area contributed by atoms with Crippen LogP contribution in [0.25, 0.3) is 10.9 Å². The van der Waals surface area contributed by atoms with Gasteiger partial charge in [-0.15, -0.1) is 0 Å². The van der Waals surface area contributed by atoms with E-state index >= 15 is 0 Å². The highest BCUT2D eigenvalue weighted by Crippen LogP contribution is 2.24. The molecule has 1 aliphatic rings. The van der Waals surface area contributed by atoms with Crippen LogP contribution in [0.1, 0.15) is 31.7 Å². The van der Waals surface area contributed by atoms with Gasteiger partial charge in [-0.3, -0.25) is 14.4 Å². The van der Waals surface area contributed by atoms with Crippen molar-refractivity contribution in [2.24, 2.45) is 5.92 Å². The number of benzene rings is 2. The van der Waals surface area contributed by atoms with Gasteiger partial charge in [0.25, 0.3) is 5.56 Å². The Morgan fingerprint density at radius 3 is 2.58 bits per heavy atom. The van der Waals surface area contributed by atoms with E-state index in [1.165, 1.54) is 0 Å². The van der Waals surface area contributed by atoms with Crippen molar-refractivity contribution in [3.63, 3.8) is 0 Å². The third-order valence-corrected chi connectivity index (χ3v) is 5.67. The van der Waals surface area contributed by atoms with Crippen molar-refractivity contribution in [3.05, 3.63) is 76.3 Å². The number of carbonyl (C=O) groups is 2. The van der Waals surface area contributed by atoms with Crippen LogP contribution in [-0.4, -0.2) is 44.2 Å². The summed E-state index contributed by atoms with van der Waals surface area (Å²) in [4.78, 5) is 49.0. The molecule has 1 unspecified atom stereocenters. The zero-order valence-corrected chi connectivity index (χ0v) is 17.7. The summed E-state index contributed by atoms with van der Waals surface area (Å²) in [6.45, 7) is 4.95. The van der Waals surface area contributed by atoms with Crippen LogP contribution in [0.3, 0.4) is 0 Å².